The van der Waals surface area contributed by atoms with Crippen molar-refractivity contribution in [3.8, 4) is 23.0 Å². The van der Waals surface area contributed by atoms with E-state index in [0.29, 0.717) is 6.54 Å². The number of phenols is 3. The summed E-state index contributed by atoms with van der Waals surface area (Å²) in [7, 11) is 1.44. The predicted octanol–water partition coefficient (Wildman–Crippen LogP) is 5.25. The minimum Gasteiger partial charge on any atom is -0.507 e. The average molecular weight is 769 g/mol. The van der Waals surface area contributed by atoms with Crippen molar-refractivity contribution in [3.63, 3.8) is 0 Å². The number of ether oxygens (including phenoxy) is 4. The Kier molecular flexibility index (Phi) is 13.7. The zero-order valence-corrected chi connectivity index (χ0v) is 33.2. The van der Waals surface area contributed by atoms with Crippen molar-refractivity contribution < 1.29 is 58.9 Å². The van der Waals surface area contributed by atoms with E-state index in [2.05, 4.69) is 10.6 Å². The molecule has 14 heteroatoms. The van der Waals surface area contributed by atoms with Gasteiger partial charge in [-0.1, -0.05) is 52.8 Å². The van der Waals surface area contributed by atoms with Gasteiger partial charge < -0.3 is 55.1 Å². The van der Waals surface area contributed by atoms with Gasteiger partial charge in [-0.05, 0) is 32.9 Å². The van der Waals surface area contributed by atoms with E-state index in [0.717, 1.165) is 6.42 Å². The molecule has 0 fully saturated rings. The number of rotatable bonds is 6. The van der Waals surface area contributed by atoms with Gasteiger partial charge in [0.15, 0.2) is 5.75 Å². The fourth-order valence-corrected chi connectivity index (χ4v) is 7.35. The molecule has 0 aromatic heterocycles. The topological polar surface area (TPSA) is 213 Å². The Morgan fingerprint density at radius 3 is 2.25 bits per heavy atom. The fourth-order valence-electron chi connectivity index (χ4n) is 7.35. The molecule has 0 radical (unpaired) electrons. The van der Waals surface area contributed by atoms with Gasteiger partial charge >= 0.3 is 11.8 Å². The number of aromatic hydroxyl groups is 3. The van der Waals surface area contributed by atoms with Crippen molar-refractivity contribution in [1.29, 1.82) is 0 Å². The van der Waals surface area contributed by atoms with Crippen LogP contribution < -0.4 is 15.4 Å². The second-order valence-corrected chi connectivity index (χ2v) is 14.9. The second kappa shape index (κ2) is 17.4. The number of hydrogen-bond donors (Lipinski definition) is 7. The Morgan fingerprint density at radius 1 is 0.964 bits per heavy atom. The summed E-state index contributed by atoms with van der Waals surface area (Å²) >= 11 is 0. The van der Waals surface area contributed by atoms with Crippen molar-refractivity contribution in [2.75, 3.05) is 19.0 Å². The number of Topliss-reactive ketones (excluding diaryl/α,β-unsaturated/α-hetero) is 1. The number of esters is 1. The third-order valence-corrected chi connectivity index (χ3v) is 10.8. The van der Waals surface area contributed by atoms with Crippen LogP contribution in [-0.4, -0.2) is 87.0 Å². The van der Waals surface area contributed by atoms with E-state index >= 15 is 0 Å². The van der Waals surface area contributed by atoms with Gasteiger partial charge in [0.25, 0.3) is 11.7 Å². The van der Waals surface area contributed by atoms with Crippen LogP contribution in [0.25, 0.3) is 10.8 Å². The third-order valence-electron chi connectivity index (χ3n) is 10.8. The fraction of sp³-hybridized carbons (Fsp3) is 0.537. The smallest absolute Gasteiger partial charge is 0.312 e. The summed E-state index contributed by atoms with van der Waals surface area (Å²) in [5, 5.41) is 63.2. The first-order valence-corrected chi connectivity index (χ1v) is 18.6. The number of benzene rings is 2. The van der Waals surface area contributed by atoms with Crippen LogP contribution in [0.4, 0.5) is 5.69 Å². The van der Waals surface area contributed by atoms with Crippen LogP contribution in [0.5, 0.6) is 23.0 Å². The first kappa shape index (κ1) is 43.1. The van der Waals surface area contributed by atoms with Gasteiger partial charge in [0.05, 0.1) is 41.2 Å². The highest BCUT2D eigenvalue weighted by atomic mass is 16.7. The molecule has 3 aliphatic rings. The third kappa shape index (κ3) is 8.47. The van der Waals surface area contributed by atoms with E-state index in [4.69, 9.17) is 18.9 Å². The van der Waals surface area contributed by atoms with E-state index in [1.165, 1.54) is 53.2 Å². The summed E-state index contributed by atoms with van der Waals surface area (Å²) < 4.78 is 23.5. The SMILES string of the molecule is CCCNCc1c2c(O)c3c(O)c(C)c4c(c3c1O)C(=O)C(C)(OC=CC(OC)C(C)C(OC(C)=O)C(C)C(O)C(C)C(O)C(C)C=CC=C(C)C(=O)N2)O4. The maximum absolute atomic E-state index is 14.3. The molecular formula is C41H56N2O12. The molecule has 0 saturated heterocycles. The minimum absolute atomic E-state index is 0.0284. The standard InChI is InChI=1S/C41H56N2O12/c1-11-16-42-18-26-31-36(49)29-28(35(26)48)30-38(24(7)34(29)47)55-41(9,39(30)50)53-17-15-27(52-10)21(4)37(54-25(8)44)23(6)33(46)22(5)32(45)19(2)13-12-14-20(3)40(51)43-31/h12-15,17,19,21-23,27,32-33,37,42,45-49H,11,16,18H2,1-10H3,(H,43,51). The lowest BCUT2D eigenvalue weighted by atomic mass is 9.78. The van der Waals surface area contributed by atoms with Crippen LogP contribution in [0.15, 0.2) is 36.1 Å². The second-order valence-electron chi connectivity index (χ2n) is 14.9. The summed E-state index contributed by atoms with van der Waals surface area (Å²) in [5.41, 5.74) is 0.0354. The number of aliphatic hydroxyl groups excluding tert-OH is 2. The molecule has 9 atom stereocenters. The molecule has 2 aromatic rings. The van der Waals surface area contributed by atoms with E-state index in [9.17, 15) is 39.9 Å². The molecule has 14 nitrogen and oxygen atoms in total. The number of allylic oxidation sites excluding steroid dienone is 2. The highest BCUT2D eigenvalue weighted by molar-refractivity contribution is 6.22. The van der Waals surface area contributed by atoms with E-state index in [1.807, 2.05) is 6.92 Å². The van der Waals surface area contributed by atoms with Crippen LogP contribution in [0, 0.1) is 30.6 Å². The Balaban J connectivity index is 1.95. The van der Waals surface area contributed by atoms with Gasteiger partial charge in [0.1, 0.15) is 23.4 Å². The van der Waals surface area contributed by atoms with E-state index in [1.54, 1.807) is 39.8 Å². The number of carbonyl (C=O) groups excluding carboxylic acids is 3. The zero-order chi connectivity index (χ0) is 41.1. The number of phenolic OH excluding ortho intramolecular Hbond substituents is 3. The molecule has 302 valence electrons. The number of fused-ring (bicyclic) bond motifs is 14. The maximum atomic E-state index is 14.3. The molecule has 55 heavy (non-hydrogen) atoms. The van der Waals surface area contributed by atoms with E-state index in [-0.39, 0.29) is 51.0 Å². The number of ketones is 1. The number of anilines is 1. The van der Waals surface area contributed by atoms with E-state index < -0.39 is 88.8 Å². The molecular weight excluding hydrogens is 712 g/mol. The average Bonchev–Trinajstić information content (AvgIpc) is 3.41. The summed E-state index contributed by atoms with van der Waals surface area (Å²) in [6, 6.07) is 0. The Labute approximate surface area is 321 Å². The monoisotopic (exact) mass is 768 g/mol. The molecule has 0 spiro atoms. The molecule has 9 unspecified atom stereocenters. The highest BCUT2D eigenvalue weighted by Crippen LogP contribution is 2.55. The highest BCUT2D eigenvalue weighted by Gasteiger charge is 2.50. The van der Waals surface area contributed by atoms with Crippen molar-refractivity contribution in [1.82, 2.24) is 5.32 Å². The number of methoxy groups -OCH3 is 1. The number of nitrogens with one attached hydrogen (secondary N) is 2. The summed E-state index contributed by atoms with van der Waals surface area (Å²) in [6.07, 6.45) is 4.40. The Morgan fingerprint density at radius 2 is 1.64 bits per heavy atom. The molecule has 1 amide bonds. The zero-order valence-electron chi connectivity index (χ0n) is 33.2. The van der Waals surface area contributed by atoms with Gasteiger partial charge in [0.2, 0.25) is 0 Å². The van der Waals surface area contributed by atoms with Gasteiger partial charge in [0, 0.05) is 73.3 Å². The summed E-state index contributed by atoms with van der Waals surface area (Å²) in [6.45, 7) is 15.0. The predicted molar refractivity (Wildman–Crippen MR) is 206 cm³/mol. The van der Waals surface area contributed by atoms with Crippen LogP contribution >= 0.6 is 0 Å². The van der Waals surface area contributed by atoms with Crippen molar-refractivity contribution >= 4 is 34.1 Å². The van der Waals surface area contributed by atoms with Gasteiger partial charge in [-0.3, -0.25) is 14.4 Å². The molecule has 0 aliphatic carbocycles. The quantitative estimate of drug-likeness (QED) is 0.0867. The Hall–Kier alpha value is -4.63. The van der Waals surface area contributed by atoms with Crippen molar-refractivity contribution in [2.45, 2.75) is 105 Å². The molecule has 5 rings (SSSR count). The number of hydrogen-bond acceptors (Lipinski definition) is 13. The molecule has 3 aliphatic heterocycles. The van der Waals surface area contributed by atoms with Crippen LogP contribution in [0.2, 0.25) is 0 Å². The number of amides is 1. The lowest BCUT2D eigenvalue weighted by molar-refractivity contribution is -0.160. The lowest BCUT2D eigenvalue weighted by Gasteiger charge is -2.38. The van der Waals surface area contributed by atoms with Crippen molar-refractivity contribution in [3.05, 3.63) is 52.8 Å². The van der Waals surface area contributed by atoms with Gasteiger partial charge in [-0.15, -0.1) is 0 Å². The molecule has 0 saturated carbocycles. The van der Waals surface area contributed by atoms with Gasteiger partial charge in [-0.2, -0.15) is 0 Å². The molecule has 3 heterocycles. The first-order valence-electron chi connectivity index (χ1n) is 18.6. The number of aliphatic hydroxyl groups is 2. The van der Waals surface area contributed by atoms with Crippen LogP contribution in [-0.2, 0) is 30.3 Å². The van der Waals surface area contributed by atoms with Crippen molar-refractivity contribution in [2.24, 2.45) is 23.7 Å². The summed E-state index contributed by atoms with van der Waals surface area (Å²) in [4.78, 5) is 40.1. The molecule has 2 aromatic carbocycles. The van der Waals surface area contributed by atoms with Crippen LogP contribution in [0.1, 0.15) is 83.3 Å². The minimum atomic E-state index is -2.01. The van der Waals surface area contributed by atoms with Crippen LogP contribution in [0.3, 0.4) is 0 Å². The summed E-state index contributed by atoms with van der Waals surface area (Å²) in [5.74, 6) is -7.97. The Bertz CT molecular complexity index is 1890. The number of carbonyl (C=O) groups is 3. The molecule has 5 bridgehead atoms. The first-order chi connectivity index (χ1) is 25.8. The lowest BCUT2D eigenvalue weighted by Crippen LogP contribution is -2.46. The maximum Gasteiger partial charge on any atom is 0.312 e. The molecule has 7 N–H and O–H groups in total. The van der Waals surface area contributed by atoms with Gasteiger partial charge in [-0.25, -0.2) is 0 Å². The normalized spacial score (nSPS) is 29.2. The largest absolute Gasteiger partial charge is 0.507 e.